The summed E-state index contributed by atoms with van der Waals surface area (Å²) in [6.07, 6.45) is -1.30. The molecular weight excluding hydrogens is 436 g/mol. The molecule has 0 fully saturated rings. The third-order valence-electron chi connectivity index (χ3n) is 4.74. The van der Waals surface area contributed by atoms with Crippen LogP contribution in [0.1, 0.15) is 26.3 Å². The zero-order valence-corrected chi connectivity index (χ0v) is 19.2. The number of benzene rings is 1. The predicted molar refractivity (Wildman–Crippen MR) is 122 cm³/mol. The lowest BCUT2D eigenvalue weighted by molar-refractivity contribution is -0.143. The van der Waals surface area contributed by atoms with Crippen molar-refractivity contribution in [2.75, 3.05) is 5.75 Å². The summed E-state index contributed by atoms with van der Waals surface area (Å²) in [6, 6.07) is 4.07. The Hall–Kier alpha value is -2.63. The number of carboxylic acid groups (broad SMARTS) is 1. The minimum Gasteiger partial charge on any atom is -0.480 e. The van der Waals surface area contributed by atoms with Crippen molar-refractivity contribution in [2.24, 2.45) is 11.7 Å². The van der Waals surface area contributed by atoms with Gasteiger partial charge in [0.15, 0.2) is 0 Å². The van der Waals surface area contributed by atoms with Crippen LogP contribution in [0, 0.1) is 5.92 Å². The van der Waals surface area contributed by atoms with Gasteiger partial charge in [-0.2, -0.15) is 12.6 Å². The van der Waals surface area contributed by atoms with Gasteiger partial charge in [-0.1, -0.05) is 44.2 Å². The van der Waals surface area contributed by atoms with E-state index in [1.54, 1.807) is 44.2 Å². The lowest BCUT2D eigenvalue weighted by Gasteiger charge is -2.28. The SMILES string of the molecule is CC(C)C(NC(=O)C(N)CS)C(=O)NC(C(=O)NC(Cc1ccccc1)C(=O)O)C(C)O. The van der Waals surface area contributed by atoms with Gasteiger partial charge in [-0.05, 0) is 18.4 Å². The van der Waals surface area contributed by atoms with Gasteiger partial charge in [0.25, 0.3) is 0 Å². The average Bonchev–Trinajstić information content (AvgIpc) is 2.74. The Kier molecular flexibility index (Phi) is 11.2. The van der Waals surface area contributed by atoms with Crippen LogP contribution in [0.4, 0.5) is 0 Å². The number of amides is 3. The quantitative estimate of drug-likeness (QED) is 0.194. The number of hydrogen-bond donors (Lipinski definition) is 7. The summed E-state index contributed by atoms with van der Waals surface area (Å²) in [5, 5.41) is 26.8. The Morgan fingerprint density at radius 2 is 1.47 bits per heavy atom. The van der Waals surface area contributed by atoms with E-state index in [1.165, 1.54) is 6.92 Å². The van der Waals surface area contributed by atoms with Crippen molar-refractivity contribution in [3.05, 3.63) is 35.9 Å². The molecule has 1 aromatic carbocycles. The monoisotopic (exact) mass is 468 g/mol. The van der Waals surface area contributed by atoms with Gasteiger partial charge in [0, 0.05) is 12.2 Å². The van der Waals surface area contributed by atoms with E-state index in [1.807, 2.05) is 0 Å². The smallest absolute Gasteiger partial charge is 0.326 e. The van der Waals surface area contributed by atoms with Gasteiger partial charge >= 0.3 is 5.97 Å². The Morgan fingerprint density at radius 1 is 0.938 bits per heavy atom. The van der Waals surface area contributed by atoms with Gasteiger partial charge in [-0.15, -0.1) is 0 Å². The highest BCUT2D eigenvalue weighted by atomic mass is 32.1. The maximum atomic E-state index is 12.8. The lowest BCUT2D eigenvalue weighted by atomic mass is 10.0. The Balaban J connectivity index is 2.93. The second kappa shape index (κ2) is 13.0. The van der Waals surface area contributed by atoms with Crippen LogP contribution in [-0.4, -0.2) is 69.9 Å². The Labute approximate surface area is 192 Å². The molecule has 1 aromatic rings. The lowest BCUT2D eigenvalue weighted by Crippen LogP contribution is -2.61. The van der Waals surface area contributed by atoms with Gasteiger partial charge in [0.2, 0.25) is 17.7 Å². The molecule has 5 atom stereocenters. The first-order chi connectivity index (χ1) is 15.0. The van der Waals surface area contributed by atoms with Crippen molar-refractivity contribution in [3.63, 3.8) is 0 Å². The van der Waals surface area contributed by atoms with Crippen molar-refractivity contribution >= 4 is 36.3 Å². The van der Waals surface area contributed by atoms with Crippen LogP contribution in [0.2, 0.25) is 0 Å². The topological polar surface area (TPSA) is 171 Å². The van der Waals surface area contributed by atoms with E-state index in [4.69, 9.17) is 5.73 Å². The number of nitrogens with one attached hydrogen (secondary N) is 3. The molecule has 5 unspecified atom stereocenters. The molecular formula is C21H32N4O6S. The molecule has 32 heavy (non-hydrogen) atoms. The van der Waals surface area contributed by atoms with Crippen LogP contribution in [0.5, 0.6) is 0 Å². The van der Waals surface area contributed by atoms with Crippen molar-refractivity contribution in [3.8, 4) is 0 Å². The fraction of sp³-hybridized carbons (Fsp3) is 0.524. The van der Waals surface area contributed by atoms with Crippen molar-refractivity contribution < 1.29 is 29.4 Å². The van der Waals surface area contributed by atoms with Crippen LogP contribution < -0.4 is 21.7 Å². The second-order valence-electron chi connectivity index (χ2n) is 7.84. The first-order valence-electron chi connectivity index (χ1n) is 10.2. The molecule has 0 saturated carbocycles. The van der Waals surface area contributed by atoms with Gasteiger partial charge in [0.1, 0.15) is 18.1 Å². The third-order valence-corrected chi connectivity index (χ3v) is 5.13. The zero-order valence-electron chi connectivity index (χ0n) is 18.3. The van der Waals surface area contributed by atoms with Crippen LogP contribution in [-0.2, 0) is 25.6 Å². The fourth-order valence-corrected chi connectivity index (χ4v) is 3.00. The Morgan fingerprint density at radius 3 is 1.94 bits per heavy atom. The van der Waals surface area contributed by atoms with E-state index < -0.39 is 54.0 Å². The summed E-state index contributed by atoms with van der Waals surface area (Å²) >= 11 is 3.95. The van der Waals surface area contributed by atoms with Crippen molar-refractivity contribution in [2.45, 2.75) is 57.5 Å². The molecule has 0 aliphatic rings. The maximum Gasteiger partial charge on any atom is 0.326 e. The third kappa shape index (κ3) is 8.48. The zero-order chi connectivity index (χ0) is 24.4. The molecule has 178 valence electrons. The molecule has 0 aliphatic heterocycles. The predicted octanol–water partition coefficient (Wildman–Crippen LogP) is -0.938. The molecule has 0 spiro atoms. The number of aliphatic hydroxyl groups is 1. The summed E-state index contributed by atoms with van der Waals surface area (Å²) in [7, 11) is 0. The normalized spacial score (nSPS) is 15.7. The van der Waals surface area contributed by atoms with Crippen LogP contribution in [0.25, 0.3) is 0 Å². The summed E-state index contributed by atoms with van der Waals surface area (Å²) in [5.41, 5.74) is 6.32. The first kappa shape index (κ1) is 27.4. The number of aliphatic hydroxyl groups excluding tert-OH is 1. The summed E-state index contributed by atoms with van der Waals surface area (Å²) in [4.78, 5) is 49.2. The highest BCUT2D eigenvalue weighted by molar-refractivity contribution is 7.80. The number of aliphatic carboxylic acids is 1. The van der Waals surface area contributed by atoms with Crippen LogP contribution in [0.15, 0.2) is 30.3 Å². The molecule has 3 amide bonds. The van der Waals surface area contributed by atoms with Gasteiger partial charge in [0.05, 0.1) is 12.1 Å². The average molecular weight is 469 g/mol. The molecule has 11 heteroatoms. The largest absolute Gasteiger partial charge is 0.480 e. The highest BCUT2D eigenvalue weighted by Gasteiger charge is 2.33. The van der Waals surface area contributed by atoms with Gasteiger partial charge < -0.3 is 31.9 Å². The van der Waals surface area contributed by atoms with Crippen molar-refractivity contribution in [1.82, 2.24) is 16.0 Å². The molecule has 10 nitrogen and oxygen atoms in total. The van der Waals surface area contributed by atoms with Crippen molar-refractivity contribution in [1.29, 1.82) is 0 Å². The minimum absolute atomic E-state index is 0.0225. The molecule has 0 saturated heterocycles. The highest BCUT2D eigenvalue weighted by Crippen LogP contribution is 2.07. The summed E-state index contributed by atoms with van der Waals surface area (Å²) in [6.45, 7) is 4.67. The van der Waals surface area contributed by atoms with E-state index in [9.17, 15) is 29.4 Å². The number of thiol groups is 1. The van der Waals surface area contributed by atoms with E-state index in [0.717, 1.165) is 0 Å². The van der Waals surface area contributed by atoms with E-state index >= 15 is 0 Å². The van der Waals surface area contributed by atoms with Gasteiger partial charge in [-0.3, -0.25) is 14.4 Å². The maximum absolute atomic E-state index is 12.8. The fourth-order valence-electron chi connectivity index (χ4n) is 2.84. The molecule has 0 heterocycles. The van der Waals surface area contributed by atoms with Crippen LogP contribution >= 0.6 is 12.6 Å². The number of carbonyl (C=O) groups is 4. The molecule has 1 rings (SSSR count). The molecule has 0 bridgehead atoms. The molecule has 0 aromatic heterocycles. The summed E-state index contributed by atoms with van der Waals surface area (Å²) < 4.78 is 0. The summed E-state index contributed by atoms with van der Waals surface area (Å²) in [5.74, 6) is -3.69. The number of carboxylic acids is 1. The number of carbonyl (C=O) groups excluding carboxylic acids is 3. The number of hydrogen-bond acceptors (Lipinski definition) is 7. The standard InChI is InChI=1S/C21H32N4O6S/c1-11(2)16(24-18(27)14(22)10-32)19(28)25-17(12(3)26)20(29)23-15(21(30)31)9-13-7-5-4-6-8-13/h4-8,11-12,14-17,26,32H,9-10,22H2,1-3H3,(H,23,29)(H,24,27)(H,25,28)(H,30,31). The molecule has 0 radical (unpaired) electrons. The van der Waals surface area contributed by atoms with Crippen LogP contribution in [0.3, 0.4) is 0 Å². The Bertz CT molecular complexity index is 790. The molecule has 7 N–H and O–H groups in total. The first-order valence-corrected chi connectivity index (χ1v) is 10.8. The minimum atomic E-state index is -1.43. The molecule has 0 aliphatic carbocycles. The van der Waals surface area contributed by atoms with E-state index in [-0.39, 0.29) is 18.1 Å². The number of nitrogens with two attached hydrogens (primary N) is 1. The van der Waals surface area contributed by atoms with E-state index in [0.29, 0.717) is 5.56 Å². The van der Waals surface area contributed by atoms with E-state index in [2.05, 4.69) is 28.6 Å². The van der Waals surface area contributed by atoms with Gasteiger partial charge in [-0.25, -0.2) is 4.79 Å². The second-order valence-corrected chi connectivity index (χ2v) is 8.20. The number of rotatable bonds is 12.